The van der Waals surface area contributed by atoms with Crippen LogP contribution in [0.4, 0.5) is 14.2 Å². The lowest BCUT2D eigenvalue weighted by Crippen LogP contribution is -2.47. The first-order chi connectivity index (χ1) is 19.0. The number of thiophene rings is 1. The Bertz CT molecular complexity index is 1290. The maximum atomic E-state index is 14.1. The number of nitrogens with zero attached hydrogens (tertiary/aromatic N) is 1. The van der Waals surface area contributed by atoms with Crippen molar-refractivity contribution in [2.45, 2.75) is 70.7 Å². The topological polar surface area (TPSA) is 89.5 Å². The molecule has 0 saturated carbocycles. The number of fused-ring (bicyclic) bond motifs is 1. The fraction of sp³-hybridized carbons (Fsp3) is 0.433. The van der Waals surface area contributed by atoms with Crippen LogP contribution in [0.2, 0.25) is 16.6 Å². The molecule has 3 rings (SSSR count). The number of pyridine rings is 1. The van der Waals surface area contributed by atoms with Crippen LogP contribution >= 0.6 is 11.3 Å². The molecule has 1 atom stereocenters. The summed E-state index contributed by atoms with van der Waals surface area (Å²) in [5.74, 6) is -1.50. The number of aromatic nitrogens is 1. The monoisotopic (exact) mass is 585 g/mol. The zero-order chi connectivity index (χ0) is 29.4. The highest BCUT2D eigenvalue weighted by molar-refractivity contribution is 7.22. The van der Waals surface area contributed by atoms with E-state index >= 15 is 0 Å². The quantitative estimate of drug-likeness (QED) is 0.158. The van der Waals surface area contributed by atoms with E-state index in [1.54, 1.807) is 12.3 Å². The highest BCUT2D eigenvalue weighted by atomic mass is 32.1. The molecular formula is C30H40FN3O4SSi. The first kappa shape index (κ1) is 31.4. The van der Waals surface area contributed by atoms with Crippen LogP contribution in [-0.2, 0) is 20.6 Å². The van der Waals surface area contributed by atoms with Crippen molar-refractivity contribution in [2.24, 2.45) is 0 Å². The minimum Gasteiger partial charge on any atom is -0.445 e. The molecule has 3 aromatic rings. The summed E-state index contributed by atoms with van der Waals surface area (Å²) in [5.41, 5.74) is 3.17. The summed E-state index contributed by atoms with van der Waals surface area (Å²) < 4.78 is 26.5. The third-order valence-electron chi connectivity index (χ3n) is 7.32. The van der Waals surface area contributed by atoms with Crippen LogP contribution in [0, 0.1) is 5.82 Å². The zero-order valence-electron chi connectivity index (χ0n) is 24.1. The van der Waals surface area contributed by atoms with E-state index in [9.17, 15) is 14.0 Å². The van der Waals surface area contributed by atoms with Crippen molar-refractivity contribution in [1.82, 2.24) is 10.3 Å². The molecule has 2 aromatic heterocycles. The molecule has 2 heterocycles. The van der Waals surface area contributed by atoms with Crippen molar-refractivity contribution >= 4 is 46.7 Å². The molecule has 2 amide bonds. The molecule has 0 aliphatic heterocycles. The van der Waals surface area contributed by atoms with Crippen molar-refractivity contribution in [1.29, 1.82) is 0 Å². The van der Waals surface area contributed by atoms with E-state index in [2.05, 4.69) is 63.7 Å². The van der Waals surface area contributed by atoms with Gasteiger partial charge in [-0.05, 0) is 33.8 Å². The van der Waals surface area contributed by atoms with Crippen molar-refractivity contribution in [3.05, 3.63) is 72.3 Å². The highest BCUT2D eigenvalue weighted by Gasteiger charge is 2.45. The fourth-order valence-electron chi connectivity index (χ4n) is 5.49. The highest BCUT2D eigenvalue weighted by Crippen LogP contribution is 2.42. The Morgan fingerprint density at radius 1 is 1.07 bits per heavy atom. The second-order valence-corrected chi connectivity index (χ2v) is 17.3. The molecule has 0 unspecified atom stereocenters. The van der Waals surface area contributed by atoms with Gasteiger partial charge in [-0.2, -0.15) is 0 Å². The normalized spacial score (nSPS) is 12.7. The number of halogens is 1. The molecule has 7 nitrogen and oxygen atoms in total. The number of benzene rings is 1. The summed E-state index contributed by atoms with van der Waals surface area (Å²) in [6.07, 6.45) is 3.53. The predicted octanol–water partition coefficient (Wildman–Crippen LogP) is 7.76. The van der Waals surface area contributed by atoms with E-state index in [0.29, 0.717) is 38.3 Å². The summed E-state index contributed by atoms with van der Waals surface area (Å²) in [5, 5.41) is 6.43. The van der Waals surface area contributed by atoms with Crippen LogP contribution in [0.3, 0.4) is 0 Å². The summed E-state index contributed by atoms with van der Waals surface area (Å²) in [6.45, 7) is 17.7. The number of nitrogens with one attached hydrogen (secondary N) is 2. The van der Waals surface area contributed by atoms with Gasteiger partial charge >= 0.3 is 6.09 Å². The maximum Gasteiger partial charge on any atom is 0.407 e. The van der Waals surface area contributed by atoms with Crippen molar-refractivity contribution in [3.63, 3.8) is 0 Å². The summed E-state index contributed by atoms with van der Waals surface area (Å²) in [7, 11) is -2.02. The van der Waals surface area contributed by atoms with Gasteiger partial charge in [0.25, 0.3) is 0 Å². The molecule has 216 valence electrons. The molecule has 0 saturated heterocycles. The lowest BCUT2D eigenvalue weighted by Gasteiger charge is -2.42. The molecule has 0 bridgehead atoms. The maximum absolute atomic E-state index is 14.1. The first-order valence-electron chi connectivity index (χ1n) is 13.6. The second kappa shape index (κ2) is 14.0. The van der Waals surface area contributed by atoms with Crippen molar-refractivity contribution in [3.8, 4) is 0 Å². The Morgan fingerprint density at radius 2 is 1.73 bits per heavy atom. The van der Waals surface area contributed by atoms with E-state index in [0.717, 1.165) is 17.3 Å². The second-order valence-electron chi connectivity index (χ2n) is 10.8. The van der Waals surface area contributed by atoms with Gasteiger partial charge in [-0.25, -0.2) is 9.18 Å². The van der Waals surface area contributed by atoms with Crippen LogP contribution in [0.1, 0.15) is 58.6 Å². The number of alkyl carbamates (subject to hydrolysis) is 1. The average molecular weight is 586 g/mol. The summed E-state index contributed by atoms with van der Waals surface area (Å²) in [6, 6.07) is 9.29. The van der Waals surface area contributed by atoms with Gasteiger partial charge in [0.05, 0.1) is 28.4 Å². The van der Waals surface area contributed by atoms with Crippen LogP contribution < -0.4 is 10.6 Å². The fourth-order valence-corrected chi connectivity index (χ4v) is 11.8. The van der Waals surface area contributed by atoms with Crippen molar-refractivity contribution < 1.29 is 23.1 Å². The third-order valence-corrected chi connectivity index (χ3v) is 14.4. The largest absolute Gasteiger partial charge is 0.445 e. The first-order valence-corrected chi connectivity index (χ1v) is 16.5. The number of amides is 2. The molecule has 0 fully saturated rings. The molecule has 40 heavy (non-hydrogen) atoms. The van der Waals surface area contributed by atoms with Crippen LogP contribution in [0.15, 0.2) is 55.4 Å². The van der Waals surface area contributed by atoms with Gasteiger partial charge in [0.15, 0.2) is 0 Å². The van der Waals surface area contributed by atoms with E-state index in [4.69, 9.17) is 9.16 Å². The predicted molar refractivity (Wildman–Crippen MR) is 163 cm³/mol. The van der Waals surface area contributed by atoms with Crippen molar-refractivity contribution in [2.75, 3.05) is 18.5 Å². The Labute approximate surface area is 241 Å². The van der Waals surface area contributed by atoms with E-state index < -0.39 is 26.1 Å². The molecular weight excluding hydrogens is 545 g/mol. The minimum absolute atomic E-state index is 0.0164. The number of ether oxygens (including phenoxy) is 1. The number of carbonyl (C=O) groups excluding carboxylic acids is 2. The molecule has 0 spiro atoms. The molecule has 10 heteroatoms. The number of rotatable bonds is 13. The number of hydrogen-bond donors (Lipinski definition) is 2. The van der Waals surface area contributed by atoms with Crippen LogP contribution in [0.5, 0.6) is 0 Å². The van der Waals surface area contributed by atoms with Gasteiger partial charge in [0, 0.05) is 18.1 Å². The smallest absolute Gasteiger partial charge is 0.407 e. The Kier molecular flexibility index (Phi) is 11.0. The lowest BCUT2D eigenvalue weighted by atomic mass is 9.97. The Balaban J connectivity index is 1.80. The standard InChI is InChI=1S/C30H40FN3O4SSi/c1-8-13-37-30(36)33-15-25(29(35)34-28-14-24-26(31)16-32-17-27(24)39-28)23-11-9-22(10-12-23)18-38-40(19(2)3,20(4)5)21(6)7/h8-12,14,16-17,19-21,25H,1,13,15,18H2,2-7H3,(H,33,36)(H,34,35)/t25-/m1/s1. The lowest BCUT2D eigenvalue weighted by molar-refractivity contribution is -0.117. The molecule has 1 aromatic carbocycles. The number of carbonyl (C=O) groups is 2. The van der Waals surface area contributed by atoms with Crippen LogP contribution in [0.25, 0.3) is 10.1 Å². The minimum atomic E-state index is -2.02. The van der Waals surface area contributed by atoms with Gasteiger partial charge in [0.2, 0.25) is 14.2 Å². The zero-order valence-corrected chi connectivity index (χ0v) is 25.9. The Morgan fingerprint density at radius 3 is 2.30 bits per heavy atom. The number of anilines is 1. The van der Waals surface area contributed by atoms with E-state index in [1.807, 2.05) is 24.3 Å². The van der Waals surface area contributed by atoms with E-state index in [1.165, 1.54) is 17.4 Å². The third kappa shape index (κ3) is 7.35. The molecule has 0 aliphatic carbocycles. The molecule has 2 N–H and O–H groups in total. The summed E-state index contributed by atoms with van der Waals surface area (Å²) in [4.78, 5) is 29.4. The Hall–Kier alpha value is -3.08. The SMILES string of the molecule is C=CCOC(=O)NC[C@@H](C(=O)Nc1cc2c(F)cncc2s1)c1ccc(CO[Si](C(C)C)(C(C)C)C(C)C)cc1. The van der Waals surface area contributed by atoms with Gasteiger partial charge in [-0.15, -0.1) is 11.3 Å². The summed E-state index contributed by atoms with van der Waals surface area (Å²) >= 11 is 1.24. The van der Waals surface area contributed by atoms with Gasteiger partial charge in [-0.1, -0.05) is 78.5 Å². The van der Waals surface area contributed by atoms with Gasteiger partial charge < -0.3 is 19.8 Å². The van der Waals surface area contributed by atoms with E-state index in [-0.39, 0.29) is 19.1 Å². The average Bonchev–Trinajstić information content (AvgIpc) is 3.32. The molecule has 0 radical (unpaired) electrons. The number of hydrogen-bond acceptors (Lipinski definition) is 6. The molecule has 0 aliphatic rings. The van der Waals surface area contributed by atoms with Crippen LogP contribution in [-0.4, -0.2) is 38.5 Å². The van der Waals surface area contributed by atoms with Gasteiger partial charge in [-0.3, -0.25) is 9.78 Å². The van der Waals surface area contributed by atoms with Gasteiger partial charge in [0.1, 0.15) is 12.4 Å².